The largest absolute Gasteiger partial charge is 0.410 e. The maximum Gasteiger partial charge on any atom is 0.410 e. The number of ether oxygens (including phenoxy) is 1. The Bertz CT molecular complexity index is 1290. The van der Waals surface area contributed by atoms with Crippen LogP contribution in [0.25, 0.3) is 0 Å². The Kier molecular flexibility index (Phi) is 11.6. The van der Waals surface area contributed by atoms with E-state index in [1.165, 1.54) is 30.5 Å². The van der Waals surface area contributed by atoms with Crippen LogP contribution in [0.3, 0.4) is 0 Å². The van der Waals surface area contributed by atoms with Crippen LogP contribution in [0.2, 0.25) is 0 Å². The molecule has 0 aromatic heterocycles. The molecule has 0 saturated carbocycles. The molecule has 2 N–H and O–H groups in total. The van der Waals surface area contributed by atoms with Gasteiger partial charge < -0.3 is 15.4 Å². The first-order valence-electron chi connectivity index (χ1n) is 13.7. The van der Waals surface area contributed by atoms with Gasteiger partial charge in [-0.15, -0.1) is 0 Å². The van der Waals surface area contributed by atoms with E-state index >= 15 is 0 Å². The average molecular weight is 529 g/mol. The molecule has 3 aromatic rings. The zero-order chi connectivity index (χ0) is 28.0. The summed E-state index contributed by atoms with van der Waals surface area (Å²) in [5, 5.41) is 0. The number of benzene rings is 3. The second-order valence-electron chi connectivity index (χ2n) is 9.60. The number of nitrogens with zero attached hydrogens (tertiary/aromatic N) is 1. The van der Waals surface area contributed by atoms with Gasteiger partial charge in [-0.2, -0.15) is 0 Å². The first-order chi connectivity index (χ1) is 18.9. The van der Waals surface area contributed by atoms with Crippen molar-refractivity contribution in [3.05, 3.63) is 100 Å². The Labute approximate surface area is 231 Å². The standard InChI is InChI=1S/C33H37FN2O3/c1-3-5-7-8-22-36(32(37)29-20-21-30(34)31(23-29)39-33(35)38)24-28-18-16-27(17-19-28)15-14-26-12-10-25(11-13-26)9-6-4-2/h10-13,16-21,23H,3-9,22,24H2,1-2H3,(H2,35,38). The zero-order valence-corrected chi connectivity index (χ0v) is 22.8. The molecule has 0 atom stereocenters. The van der Waals surface area contributed by atoms with Gasteiger partial charge in [0, 0.05) is 29.8 Å². The number of hydrogen-bond acceptors (Lipinski definition) is 3. The third kappa shape index (κ3) is 9.61. The van der Waals surface area contributed by atoms with Gasteiger partial charge in [-0.05, 0) is 72.9 Å². The molecule has 0 saturated heterocycles. The molecule has 0 aliphatic heterocycles. The molecule has 2 amide bonds. The minimum absolute atomic E-state index is 0.228. The van der Waals surface area contributed by atoms with Gasteiger partial charge in [0.1, 0.15) is 0 Å². The summed E-state index contributed by atoms with van der Waals surface area (Å²) in [5.41, 5.74) is 9.41. The third-order valence-corrected chi connectivity index (χ3v) is 6.41. The van der Waals surface area contributed by atoms with Crippen LogP contribution in [0.4, 0.5) is 9.18 Å². The second-order valence-corrected chi connectivity index (χ2v) is 9.60. The summed E-state index contributed by atoms with van der Waals surface area (Å²) < 4.78 is 18.7. The van der Waals surface area contributed by atoms with Crippen molar-refractivity contribution in [2.75, 3.05) is 6.54 Å². The lowest BCUT2D eigenvalue weighted by Gasteiger charge is -2.23. The highest BCUT2D eigenvalue weighted by Gasteiger charge is 2.19. The maximum atomic E-state index is 14.0. The van der Waals surface area contributed by atoms with E-state index in [1.807, 2.05) is 24.3 Å². The fourth-order valence-electron chi connectivity index (χ4n) is 4.18. The van der Waals surface area contributed by atoms with Gasteiger partial charge >= 0.3 is 6.09 Å². The van der Waals surface area contributed by atoms with E-state index in [2.05, 4.69) is 50.0 Å². The number of primary amides is 1. The van der Waals surface area contributed by atoms with Crippen molar-refractivity contribution in [3.63, 3.8) is 0 Å². The predicted octanol–water partition coefficient (Wildman–Crippen LogP) is 7.25. The monoisotopic (exact) mass is 528 g/mol. The number of halogens is 1. The van der Waals surface area contributed by atoms with E-state index in [0.717, 1.165) is 54.9 Å². The van der Waals surface area contributed by atoms with Crippen LogP contribution in [-0.4, -0.2) is 23.4 Å². The first-order valence-corrected chi connectivity index (χ1v) is 13.7. The van der Waals surface area contributed by atoms with Crippen LogP contribution in [-0.2, 0) is 13.0 Å². The molecule has 39 heavy (non-hydrogen) atoms. The van der Waals surface area contributed by atoms with Crippen LogP contribution in [0, 0.1) is 17.7 Å². The number of hydrogen-bond donors (Lipinski definition) is 1. The summed E-state index contributed by atoms with van der Waals surface area (Å²) in [6.07, 6.45) is 6.36. The lowest BCUT2D eigenvalue weighted by atomic mass is 10.1. The number of aryl methyl sites for hydroxylation is 1. The minimum Gasteiger partial charge on any atom is -0.407 e. The summed E-state index contributed by atoms with van der Waals surface area (Å²) in [6, 6.07) is 19.9. The van der Waals surface area contributed by atoms with Crippen molar-refractivity contribution in [2.45, 2.75) is 65.3 Å². The van der Waals surface area contributed by atoms with Crippen LogP contribution in [0.1, 0.15) is 85.0 Å². The third-order valence-electron chi connectivity index (χ3n) is 6.41. The highest BCUT2D eigenvalue weighted by Crippen LogP contribution is 2.21. The van der Waals surface area contributed by atoms with Gasteiger partial charge in [-0.25, -0.2) is 9.18 Å². The number of nitrogens with two attached hydrogens (primary N) is 1. The molecule has 0 aliphatic rings. The molecule has 0 spiro atoms. The second kappa shape index (κ2) is 15.3. The summed E-state index contributed by atoms with van der Waals surface area (Å²) in [5.74, 6) is 5.03. The van der Waals surface area contributed by atoms with Gasteiger partial charge in [-0.3, -0.25) is 4.79 Å². The minimum atomic E-state index is -1.14. The van der Waals surface area contributed by atoms with Crippen LogP contribution in [0.5, 0.6) is 5.75 Å². The highest BCUT2D eigenvalue weighted by atomic mass is 19.1. The number of carbonyl (C=O) groups is 2. The molecule has 0 radical (unpaired) electrons. The fraction of sp³-hybridized carbons (Fsp3) is 0.333. The summed E-state index contributed by atoms with van der Waals surface area (Å²) in [7, 11) is 0. The normalized spacial score (nSPS) is 10.4. The molecule has 0 bridgehead atoms. The molecular formula is C33H37FN2O3. The lowest BCUT2D eigenvalue weighted by molar-refractivity contribution is 0.0739. The van der Waals surface area contributed by atoms with Crippen molar-refractivity contribution < 1.29 is 18.7 Å². The quantitative estimate of drug-likeness (QED) is 0.199. The molecule has 0 aliphatic carbocycles. The fourth-order valence-corrected chi connectivity index (χ4v) is 4.18. The van der Waals surface area contributed by atoms with E-state index < -0.39 is 11.9 Å². The molecule has 0 unspecified atom stereocenters. The number of unbranched alkanes of at least 4 members (excludes halogenated alkanes) is 4. The van der Waals surface area contributed by atoms with E-state index in [-0.39, 0.29) is 17.2 Å². The smallest absolute Gasteiger partial charge is 0.407 e. The van der Waals surface area contributed by atoms with Gasteiger partial charge in [-0.1, -0.05) is 75.6 Å². The number of amides is 2. The van der Waals surface area contributed by atoms with Crippen molar-refractivity contribution in [1.82, 2.24) is 4.90 Å². The number of carbonyl (C=O) groups excluding carboxylic acids is 2. The molecule has 3 rings (SSSR count). The van der Waals surface area contributed by atoms with Gasteiger partial charge in [0.2, 0.25) is 0 Å². The Hall–Kier alpha value is -4.11. The SMILES string of the molecule is CCCCCCN(Cc1ccc(C#Cc2ccc(CCCC)cc2)cc1)C(=O)c1ccc(F)c(OC(N)=O)c1. The molecule has 5 nitrogen and oxygen atoms in total. The van der Waals surface area contributed by atoms with Crippen LogP contribution >= 0.6 is 0 Å². The van der Waals surface area contributed by atoms with Crippen molar-refractivity contribution in [3.8, 4) is 17.6 Å². The molecule has 6 heteroatoms. The summed E-state index contributed by atoms with van der Waals surface area (Å²) in [4.78, 5) is 26.2. The van der Waals surface area contributed by atoms with E-state index in [9.17, 15) is 14.0 Å². The van der Waals surface area contributed by atoms with Gasteiger partial charge in [0.05, 0.1) is 0 Å². The summed E-state index contributed by atoms with van der Waals surface area (Å²) >= 11 is 0. The van der Waals surface area contributed by atoms with E-state index in [0.29, 0.717) is 13.1 Å². The Morgan fingerprint density at radius 2 is 1.44 bits per heavy atom. The Balaban J connectivity index is 1.72. The van der Waals surface area contributed by atoms with E-state index in [4.69, 9.17) is 10.5 Å². The number of rotatable bonds is 12. The van der Waals surface area contributed by atoms with Gasteiger partial charge in [0.15, 0.2) is 11.6 Å². The zero-order valence-electron chi connectivity index (χ0n) is 22.8. The molecule has 3 aromatic carbocycles. The predicted molar refractivity (Wildman–Crippen MR) is 153 cm³/mol. The average Bonchev–Trinajstić information content (AvgIpc) is 2.94. The Morgan fingerprint density at radius 1 is 0.821 bits per heavy atom. The molecule has 204 valence electrons. The summed E-state index contributed by atoms with van der Waals surface area (Å²) in [6.45, 7) is 5.27. The first kappa shape index (κ1) is 29.4. The van der Waals surface area contributed by atoms with Crippen molar-refractivity contribution >= 4 is 12.0 Å². The molecule has 0 heterocycles. The van der Waals surface area contributed by atoms with Crippen LogP contribution in [0.15, 0.2) is 66.7 Å². The molecule has 0 fully saturated rings. The lowest BCUT2D eigenvalue weighted by Crippen LogP contribution is -2.31. The highest BCUT2D eigenvalue weighted by molar-refractivity contribution is 5.94. The van der Waals surface area contributed by atoms with Crippen molar-refractivity contribution in [2.24, 2.45) is 5.73 Å². The van der Waals surface area contributed by atoms with Gasteiger partial charge in [0.25, 0.3) is 5.91 Å². The van der Waals surface area contributed by atoms with Crippen LogP contribution < -0.4 is 10.5 Å². The molecular weight excluding hydrogens is 491 g/mol. The topological polar surface area (TPSA) is 72.6 Å². The van der Waals surface area contributed by atoms with Crippen molar-refractivity contribution in [1.29, 1.82) is 0 Å². The van der Waals surface area contributed by atoms with E-state index in [1.54, 1.807) is 4.90 Å². The maximum absolute atomic E-state index is 14.0. The Morgan fingerprint density at radius 3 is 2.03 bits per heavy atom.